The summed E-state index contributed by atoms with van der Waals surface area (Å²) in [6.45, 7) is 2.99. The summed E-state index contributed by atoms with van der Waals surface area (Å²) in [4.78, 5) is 25.0. The lowest BCUT2D eigenvalue weighted by Crippen LogP contribution is -2.47. The quantitative estimate of drug-likeness (QED) is 0.765. The fourth-order valence-corrected chi connectivity index (χ4v) is 2.54. The number of halogens is 2. The fourth-order valence-electron chi connectivity index (χ4n) is 2.54. The molecule has 1 heterocycles. The van der Waals surface area contributed by atoms with Gasteiger partial charge in [-0.3, -0.25) is 9.59 Å². The lowest BCUT2D eigenvalue weighted by molar-refractivity contribution is -0.123. The molecule has 2 aromatic carbocycles. The van der Waals surface area contributed by atoms with Gasteiger partial charge < -0.3 is 5.32 Å². The summed E-state index contributed by atoms with van der Waals surface area (Å²) in [6, 6.07) is 14.9. The van der Waals surface area contributed by atoms with Crippen LogP contribution in [0.25, 0.3) is 11.3 Å². The Morgan fingerprint density at radius 3 is 2.41 bits per heavy atom. The van der Waals surface area contributed by atoms with Gasteiger partial charge in [-0.15, -0.1) is 0 Å². The molecule has 1 N–H and O–H groups in total. The van der Waals surface area contributed by atoms with Crippen molar-refractivity contribution in [2.24, 2.45) is 0 Å². The van der Waals surface area contributed by atoms with Crippen LogP contribution in [0.1, 0.15) is 13.8 Å². The molecule has 0 atom stereocenters. The van der Waals surface area contributed by atoms with Crippen LogP contribution in [0.4, 0.5) is 14.5 Å². The van der Waals surface area contributed by atoms with Gasteiger partial charge in [0.15, 0.2) is 0 Å². The molecule has 0 radical (unpaired) electrons. The SMILES string of the molecule is CC(C)(C(=O)Nc1ccc(F)cc1F)n1nc(-c2ccccc2)ccc1=O. The average molecular weight is 369 g/mol. The largest absolute Gasteiger partial charge is 0.321 e. The van der Waals surface area contributed by atoms with E-state index in [1.54, 1.807) is 6.07 Å². The number of nitrogens with zero attached hydrogens (tertiary/aromatic N) is 2. The zero-order valence-corrected chi connectivity index (χ0v) is 14.7. The van der Waals surface area contributed by atoms with Crippen LogP contribution < -0.4 is 10.9 Å². The summed E-state index contributed by atoms with van der Waals surface area (Å²) >= 11 is 0. The van der Waals surface area contributed by atoms with Gasteiger partial charge in [0.05, 0.1) is 11.4 Å². The summed E-state index contributed by atoms with van der Waals surface area (Å²) in [6.07, 6.45) is 0. The van der Waals surface area contributed by atoms with Crippen LogP contribution in [0, 0.1) is 11.6 Å². The predicted octanol–water partition coefficient (Wildman–Crippen LogP) is 3.56. The normalized spacial score (nSPS) is 11.3. The van der Waals surface area contributed by atoms with Crippen molar-refractivity contribution >= 4 is 11.6 Å². The van der Waals surface area contributed by atoms with Gasteiger partial charge in [0.25, 0.3) is 11.5 Å². The van der Waals surface area contributed by atoms with E-state index < -0.39 is 28.6 Å². The topological polar surface area (TPSA) is 64.0 Å². The summed E-state index contributed by atoms with van der Waals surface area (Å²) in [5.74, 6) is -2.32. The fraction of sp³-hybridized carbons (Fsp3) is 0.150. The van der Waals surface area contributed by atoms with Gasteiger partial charge in [-0.25, -0.2) is 13.5 Å². The van der Waals surface area contributed by atoms with Crippen LogP contribution in [0.3, 0.4) is 0 Å². The van der Waals surface area contributed by atoms with Crippen molar-refractivity contribution in [2.75, 3.05) is 5.32 Å². The first-order valence-electron chi connectivity index (χ1n) is 8.22. The molecule has 0 fully saturated rings. The second kappa shape index (κ2) is 7.11. The number of hydrogen-bond acceptors (Lipinski definition) is 3. The molecule has 1 aromatic heterocycles. The zero-order valence-electron chi connectivity index (χ0n) is 14.7. The van der Waals surface area contributed by atoms with Crippen molar-refractivity contribution in [3.8, 4) is 11.3 Å². The lowest BCUT2D eigenvalue weighted by atomic mass is 10.0. The van der Waals surface area contributed by atoms with Gasteiger partial charge in [-0.2, -0.15) is 5.10 Å². The number of hydrogen-bond donors (Lipinski definition) is 1. The smallest absolute Gasteiger partial charge is 0.267 e. The third-order valence-electron chi connectivity index (χ3n) is 4.13. The van der Waals surface area contributed by atoms with Crippen LogP contribution in [-0.2, 0) is 10.3 Å². The van der Waals surface area contributed by atoms with E-state index >= 15 is 0 Å². The van der Waals surface area contributed by atoms with Crippen molar-refractivity contribution < 1.29 is 13.6 Å². The first kappa shape index (κ1) is 18.4. The van der Waals surface area contributed by atoms with Crippen molar-refractivity contribution in [1.82, 2.24) is 9.78 Å². The molecule has 0 aliphatic heterocycles. The van der Waals surface area contributed by atoms with Crippen LogP contribution in [0.15, 0.2) is 65.5 Å². The second-order valence-corrected chi connectivity index (χ2v) is 6.47. The molecule has 5 nitrogen and oxygen atoms in total. The van der Waals surface area contributed by atoms with Crippen LogP contribution in [0.5, 0.6) is 0 Å². The minimum absolute atomic E-state index is 0.179. The summed E-state index contributed by atoms with van der Waals surface area (Å²) in [5.41, 5.74) is -0.768. The van der Waals surface area contributed by atoms with E-state index in [-0.39, 0.29) is 5.69 Å². The maximum absolute atomic E-state index is 13.8. The minimum atomic E-state index is -1.41. The van der Waals surface area contributed by atoms with Gasteiger partial charge in [0.1, 0.15) is 17.2 Å². The summed E-state index contributed by atoms with van der Waals surface area (Å²) < 4.78 is 27.9. The second-order valence-electron chi connectivity index (χ2n) is 6.47. The maximum Gasteiger partial charge on any atom is 0.267 e. The molecule has 0 bridgehead atoms. The van der Waals surface area contributed by atoms with Crippen molar-refractivity contribution in [1.29, 1.82) is 0 Å². The first-order chi connectivity index (χ1) is 12.8. The third-order valence-corrected chi connectivity index (χ3v) is 4.13. The molecule has 0 spiro atoms. The Hall–Kier alpha value is -3.35. The monoisotopic (exact) mass is 369 g/mol. The molecule has 1 amide bonds. The van der Waals surface area contributed by atoms with Crippen LogP contribution in [-0.4, -0.2) is 15.7 Å². The number of benzene rings is 2. The van der Waals surface area contributed by atoms with E-state index in [1.165, 1.54) is 19.9 Å². The van der Waals surface area contributed by atoms with E-state index in [0.717, 1.165) is 22.4 Å². The Bertz CT molecular complexity index is 1050. The van der Waals surface area contributed by atoms with E-state index in [9.17, 15) is 18.4 Å². The number of carbonyl (C=O) groups is 1. The number of carbonyl (C=O) groups excluding carboxylic acids is 1. The van der Waals surface area contributed by atoms with Gasteiger partial charge in [-0.1, -0.05) is 30.3 Å². The van der Waals surface area contributed by atoms with E-state index in [2.05, 4.69) is 10.4 Å². The molecule has 0 saturated heterocycles. The van der Waals surface area contributed by atoms with Gasteiger partial charge >= 0.3 is 0 Å². The molecule has 3 aromatic rings. The molecule has 27 heavy (non-hydrogen) atoms. The van der Waals surface area contributed by atoms with Crippen molar-refractivity contribution in [3.05, 3.63) is 82.7 Å². The van der Waals surface area contributed by atoms with Gasteiger partial charge in [-0.05, 0) is 32.0 Å². The standard InChI is InChI=1S/C20H17F2N3O2/c1-20(2,19(27)23-17-9-8-14(21)12-15(17)22)25-18(26)11-10-16(24-25)13-6-4-3-5-7-13/h3-12H,1-2H3,(H,23,27). The minimum Gasteiger partial charge on any atom is -0.321 e. The lowest BCUT2D eigenvalue weighted by Gasteiger charge is -2.25. The highest BCUT2D eigenvalue weighted by molar-refractivity contribution is 5.96. The van der Waals surface area contributed by atoms with E-state index in [4.69, 9.17) is 0 Å². The Kier molecular flexibility index (Phi) is 4.85. The van der Waals surface area contributed by atoms with Gasteiger partial charge in [0, 0.05) is 17.7 Å². The molecule has 0 aliphatic carbocycles. The first-order valence-corrected chi connectivity index (χ1v) is 8.22. The van der Waals surface area contributed by atoms with Crippen LogP contribution in [0.2, 0.25) is 0 Å². The summed E-state index contributed by atoms with van der Waals surface area (Å²) in [7, 11) is 0. The number of amides is 1. The average Bonchev–Trinajstić information content (AvgIpc) is 2.65. The Labute approximate surface area is 154 Å². The number of anilines is 1. The maximum atomic E-state index is 13.8. The number of rotatable bonds is 4. The van der Waals surface area contributed by atoms with E-state index in [0.29, 0.717) is 11.8 Å². The van der Waals surface area contributed by atoms with Crippen LogP contribution >= 0.6 is 0 Å². The number of aromatic nitrogens is 2. The summed E-state index contributed by atoms with van der Waals surface area (Å²) in [5, 5.41) is 6.69. The Balaban J connectivity index is 1.96. The predicted molar refractivity (Wildman–Crippen MR) is 98.2 cm³/mol. The number of nitrogens with one attached hydrogen (secondary N) is 1. The molecule has 138 valence electrons. The Morgan fingerprint density at radius 2 is 1.74 bits per heavy atom. The van der Waals surface area contributed by atoms with Crippen molar-refractivity contribution in [2.45, 2.75) is 19.4 Å². The Morgan fingerprint density at radius 1 is 1.04 bits per heavy atom. The highest BCUT2D eigenvalue weighted by Crippen LogP contribution is 2.21. The zero-order chi connectivity index (χ0) is 19.6. The molecule has 3 rings (SSSR count). The highest BCUT2D eigenvalue weighted by atomic mass is 19.1. The van der Waals surface area contributed by atoms with Crippen molar-refractivity contribution in [3.63, 3.8) is 0 Å². The molecule has 0 aliphatic rings. The molecule has 7 heteroatoms. The molecular formula is C20H17F2N3O2. The highest BCUT2D eigenvalue weighted by Gasteiger charge is 2.32. The molecular weight excluding hydrogens is 352 g/mol. The molecule has 0 saturated carbocycles. The van der Waals surface area contributed by atoms with Gasteiger partial charge in [0.2, 0.25) is 0 Å². The third kappa shape index (κ3) is 3.76. The van der Waals surface area contributed by atoms with E-state index in [1.807, 2.05) is 30.3 Å². The molecule has 0 unspecified atom stereocenters.